The van der Waals surface area contributed by atoms with Gasteiger partial charge in [0.1, 0.15) is 35.1 Å². The fourth-order valence-electron chi connectivity index (χ4n) is 10.8. The number of ether oxygens (including phenoxy) is 1. The molecule has 10 rings (SSSR count). The lowest BCUT2D eigenvalue weighted by molar-refractivity contribution is 0.0943. The molecule has 2 unspecified atom stereocenters. The van der Waals surface area contributed by atoms with Gasteiger partial charge in [-0.05, 0) is 93.5 Å². The molecule has 4 atom stereocenters. The zero-order valence-corrected chi connectivity index (χ0v) is 40.4. The molecular weight excluding hydrogens is 876 g/mol. The van der Waals surface area contributed by atoms with Crippen LogP contribution in [-0.4, -0.2) is 151 Å². The number of halogens is 1. The summed E-state index contributed by atoms with van der Waals surface area (Å²) < 4.78 is 24.9. The van der Waals surface area contributed by atoms with E-state index < -0.39 is 5.82 Å². The minimum atomic E-state index is -0.455. The van der Waals surface area contributed by atoms with Crippen LogP contribution in [0.25, 0.3) is 39.2 Å². The number of anilines is 1. The third-order valence-electron chi connectivity index (χ3n) is 14.8. The summed E-state index contributed by atoms with van der Waals surface area (Å²) in [4.78, 5) is 37.3. The van der Waals surface area contributed by atoms with Crippen LogP contribution in [0.15, 0.2) is 60.8 Å². The fourth-order valence-corrected chi connectivity index (χ4v) is 10.8. The van der Waals surface area contributed by atoms with Gasteiger partial charge in [-0.25, -0.2) is 4.39 Å². The molecule has 4 fully saturated rings. The Morgan fingerprint density at radius 2 is 1.70 bits per heavy atom. The van der Waals surface area contributed by atoms with Crippen molar-refractivity contribution in [3.05, 3.63) is 94.7 Å². The number of piperazine rings is 2. The van der Waals surface area contributed by atoms with Gasteiger partial charge in [0.15, 0.2) is 11.6 Å². The lowest BCUT2D eigenvalue weighted by atomic mass is 9.98. The van der Waals surface area contributed by atoms with E-state index in [1.54, 1.807) is 16.8 Å². The zero-order valence-electron chi connectivity index (χ0n) is 40.4. The van der Waals surface area contributed by atoms with E-state index in [9.17, 15) is 15.0 Å². The number of likely N-dealkylation sites (tertiary alicyclic amines) is 1. The summed E-state index contributed by atoms with van der Waals surface area (Å²) in [6.07, 6.45) is 4.91. The Kier molecular flexibility index (Phi) is 13.0. The predicted molar refractivity (Wildman–Crippen MR) is 264 cm³/mol. The first-order valence-corrected chi connectivity index (χ1v) is 24.5. The van der Waals surface area contributed by atoms with E-state index >= 15 is 4.39 Å². The second-order valence-electron chi connectivity index (χ2n) is 19.7. The molecule has 4 N–H and O–H groups in total. The van der Waals surface area contributed by atoms with Crippen molar-refractivity contribution in [1.82, 2.24) is 55.0 Å². The molecule has 4 aliphatic heterocycles. The van der Waals surface area contributed by atoms with E-state index in [0.717, 1.165) is 93.9 Å². The lowest BCUT2D eigenvalue weighted by Crippen LogP contribution is -2.51. The Bertz CT molecular complexity index is 2850. The minimum absolute atomic E-state index is 0.00320. The summed E-state index contributed by atoms with van der Waals surface area (Å²) in [6.45, 7) is 17.6. The van der Waals surface area contributed by atoms with Crippen LogP contribution in [0.4, 0.5) is 10.2 Å². The number of phenols is 2. The maximum atomic E-state index is 16.7. The van der Waals surface area contributed by atoms with Crippen LogP contribution in [0.1, 0.15) is 78.8 Å². The molecule has 0 saturated carbocycles. The molecular formula is C52H63FN12O4. The number of nitrogens with zero attached hydrogens (tertiary/aromatic N) is 10. The molecule has 4 aliphatic rings. The fraction of sp³-hybridized carbons (Fsp3) is 0.462. The SMILES string of the molecule is CCNC(=O)c1nnc(-c2cc(C(C)C)c(O)cc2O)n1-c1ccc(CN2CCN([C@H]3C[C@@H](COc4nc(N5CC6CCC(C5)N6)c5cnc(-c6cccc(C)c6C)c(F)c5n4)N(C)C3)CC2)cc1. The van der Waals surface area contributed by atoms with Gasteiger partial charge in [0.2, 0.25) is 5.82 Å². The van der Waals surface area contributed by atoms with Gasteiger partial charge in [0.25, 0.3) is 5.91 Å². The molecule has 0 aliphatic carbocycles. The van der Waals surface area contributed by atoms with Crippen LogP contribution in [0.3, 0.4) is 0 Å². The molecule has 69 heavy (non-hydrogen) atoms. The molecule has 17 heteroatoms. The van der Waals surface area contributed by atoms with Crippen molar-refractivity contribution in [2.75, 3.05) is 70.9 Å². The number of hydrogen-bond acceptors (Lipinski definition) is 14. The number of carbonyl (C=O) groups excluding carboxylic acids is 1. The van der Waals surface area contributed by atoms with E-state index in [4.69, 9.17) is 14.7 Å². The molecule has 6 aromatic rings. The molecule has 0 spiro atoms. The van der Waals surface area contributed by atoms with Crippen LogP contribution < -0.4 is 20.3 Å². The molecule has 1 amide bonds. The molecule has 0 radical (unpaired) electrons. The number of phenolic OH excluding ortho intramolecular Hbond substituents is 2. The number of rotatable bonds is 13. The number of benzene rings is 3. The molecule has 4 saturated heterocycles. The summed E-state index contributed by atoms with van der Waals surface area (Å²) in [5.74, 6) is 0.0795. The van der Waals surface area contributed by atoms with Gasteiger partial charge in [-0.15, -0.1) is 10.2 Å². The predicted octanol–water partition coefficient (Wildman–Crippen LogP) is 6.19. The number of pyridine rings is 1. The Morgan fingerprint density at radius 3 is 2.42 bits per heavy atom. The molecule has 2 bridgehead atoms. The largest absolute Gasteiger partial charge is 0.508 e. The van der Waals surface area contributed by atoms with Gasteiger partial charge in [0.05, 0.1) is 10.9 Å². The first-order valence-electron chi connectivity index (χ1n) is 24.5. The van der Waals surface area contributed by atoms with Gasteiger partial charge in [0, 0.05) is 107 Å². The van der Waals surface area contributed by atoms with Crippen LogP contribution >= 0.6 is 0 Å². The average molecular weight is 939 g/mol. The molecule has 7 heterocycles. The topological polar surface area (TPSA) is 173 Å². The summed E-state index contributed by atoms with van der Waals surface area (Å²) in [6, 6.07) is 18.4. The van der Waals surface area contributed by atoms with E-state index in [1.807, 2.05) is 65.0 Å². The highest BCUT2D eigenvalue weighted by atomic mass is 19.1. The van der Waals surface area contributed by atoms with Crippen molar-refractivity contribution in [3.63, 3.8) is 0 Å². The van der Waals surface area contributed by atoms with Crippen molar-refractivity contribution < 1.29 is 24.1 Å². The van der Waals surface area contributed by atoms with Crippen molar-refractivity contribution in [2.24, 2.45) is 0 Å². The van der Waals surface area contributed by atoms with Crippen molar-refractivity contribution in [2.45, 2.75) is 90.5 Å². The Hall–Kier alpha value is -6.27. The number of likely N-dealkylation sites (N-methyl/N-ethyl adjacent to an activating group) is 1. The van der Waals surface area contributed by atoms with Gasteiger partial charge < -0.3 is 30.5 Å². The second kappa shape index (κ2) is 19.3. The van der Waals surface area contributed by atoms with Gasteiger partial charge >= 0.3 is 6.01 Å². The summed E-state index contributed by atoms with van der Waals surface area (Å²) in [7, 11) is 2.15. The average Bonchev–Trinajstić information content (AvgIpc) is 4.05. The minimum Gasteiger partial charge on any atom is -0.508 e. The van der Waals surface area contributed by atoms with Crippen LogP contribution in [0.5, 0.6) is 17.5 Å². The van der Waals surface area contributed by atoms with Gasteiger partial charge in [-0.2, -0.15) is 9.97 Å². The number of nitrogens with one attached hydrogen (secondary N) is 2. The Morgan fingerprint density at radius 1 is 0.942 bits per heavy atom. The quantitative estimate of drug-likeness (QED) is 0.103. The van der Waals surface area contributed by atoms with E-state index in [1.165, 1.54) is 6.07 Å². The number of amides is 1. The molecule has 3 aromatic carbocycles. The third kappa shape index (κ3) is 9.20. The summed E-state index contributed by atoms with van der Waals surface area (Å²) in [5.41, 5.74) is 6.19. The van der Waals surface area contributed by atoms with Gasteiger partial charge in [-0.1, -0.05) is 44.2 Å². The maximum Gasteiger partial charge on any atom is 0.319 e. The highest BCUT2D eigenvalue weighted by molar-refractivity contribution is 5.93. The van der Waals surface area contributed by atoms with Crippen LogP contribution in [0.2, 0.25) is 0 Å². The maximum absolute atomic E-state index is 16.7. The number of aryl methyl sites for hydroxylation is 1. The van der Waals surface area contributed by atoms with Crippen molar-refractivity contribution in [3.8, 4) is 45.8 Å². The van der Waals surface area contributed by atoms with E-state index in [-0.39, 0.29) is 52.4 Å². The number of aromatic nitrogens is 6. The first kappa shape index (κ1) is 46.5. The third-order valence-corrected chi connectivity index (χ3v) is 14.8. The van der Waals surface area contributed by atoms with Crippen LogP contribution in [0, 0.1) is 19.7 Å². The normalized spacial score (nSPS) is 21.2. The number of hydrogen-bond donors (Lipinski definition) is 4. The van der Waals surface area contributed by atoms with Crippen LogP contribution in [-0.2, 0) is 6.54 Å². The van der Waals surface area contributed by atoms with Crippen molar-refractivity contribution >= 4 is 22.6 Å². The first-order chi connectivity index (χ1) is 33.3. The highest BCUT2D eigenvalue weighted by Crippen LogP contribution is 2.39. The monoisotopic (exact) mass is 939 g/mol. The lowest BCUT2D eigenvalue weighted by Gasteiger charge is -2.38. The summed E-state index contributed by atoms with van der Waals surface area (Å²) >= 11 is 0. The molecule has 362 valence electrons. The van der Waals surface area contributed by atoms with E-state index in [2.05, 4.69) is 64.6 Å². The molecule has 3 aromatic heterocycles. The summed E-state index contributed by atoms with van der Waals surface area (Å²) in [5, 5.41) is 37.2. The smallest absolute Gasteiger partial charge is 0.319 e. The Balaban J connectivity index is 0.797. The number of aromatic hydroxyl groups is 2. The molecule has 16 nitrogen and oxygen atoms in total. The van der Waals surface area contributed by atoms with E-state index in [0.29, 0.717) is 65.1 Å². The number of carbonyl (C=O) groups is 1. The number of fused-ring (bicyclic) bond motifs is 3. The Labute approximate surface area is 402 Å². The van der Waals surface area contributed by atoms with Crippen molar-refractivity contribution in [1.29, 1.82) is 0 Å². The zero-order chi connectivity index (χ0) is 48.1. The highest BCUT2D eigenvalue weighted by Gasteiger charge is 2.37. The standard InChI is InChI=1S/C52H63FN12O4/c1-7-54-51(68)50-60-59-49(41-22-40(30(2)3)43(66)23-44(41)67)65(50)36-15-11-33(12-16-36)25-62-17-19-63(20-18-62)37-21-38(61(6)28-37)29-69-52-57-47-42(48(58-52)64-26-34-13-14-35(27-64)56-34)24-55-46(45(47)53)39-10-8-9-31(4)32(39)5/h8-12,15-16,22-24,30,34-35,37-38,56,66-67H,7,13-14,17-21,25-29H2,1-6H3,(H,54,68)/t34?,35?,37-,38-/m0/s1. The van der Waals surface area contributed by atoms with Gasteiger partial charge in [-0.3, -0.25) is 29.0 Å². The second-order valence-corrected chi connectivity index (χ2v) is 19.7.